The third kappa shape index (κ3) is 4.83. The van der Waals surface area contributed by atoms with Gasteiger partial charge in [-0.15, -0.1) is 10.2 Å². The molecule has 0 aliphatic rings. The Balaban J connectivity index is 2.89. The summed E-state index contributed by atoms with van der Waals surface area (Å²) in [6, 6.07) is 0. The van der Waals surface area contributed by atoms with Crippen LogP contribution in [0.2, 0.25) is 0 Å². The maximum absolute atomic E-state index is 10.6. The molecule has 1 N–H and O–H groups in total. The molecule has 7 heteroatoms. The molecule has 0 aliphatic heterocycles. The van der Waals surface area contributed by atoms with Gasteiger partial charge in [-0.1, -0.05) is 18.7 Å². The van der Waals surface area contributed by atoms with Crippen molar-refractivity contribution in [3.8, 4) is 0 Å². The third-order valence-electron chi connectivity index (χ3n) is 2.28. The van der Waals surface area contributed by atoms with E-state index in [0.717, 1.165) is 12.2 Å². The van der Waals surface area contributed by atoms with E-state index in [1.165, 1.54) is 11.8 Å². The van der Waals surface area contributed by atoms with Crippen LogP contribution >= 0.6 is 11.8 Å². The molecule has 1 aromatic heterocycles. The fraction of sp³-hybridized carbons (Fsp3) is 0.750. The number of carbonyl (C=O) groups is 1. The van der Waals surface area contributed by atoms with E-state index < -0.39 is 5.97 Å². The quantitative estimate of drug-likeness (QED) is 0.611. The van der Waals surface area contributed by atoms with E-state index in [4.69, 9.17) is 9.84 Å². The van der Waals surface area contributed by atoms with Crippen molar-refractivity contribution >= 4 is 17.7 Å². The fourth-order valence-corrected chi connectivity index (χ4v) is 2.45. The van der Waals surface area contributed by atoms with Crippen LogP contribution in [0, 0.1) is 0 Å². The number of aliphatic carboxylic acids is 1. The number of thioether (sulfide) groups is 1. The van der Waals surface area contributed by atoms with E-state index in [9.17, 15) is 4.79 Å². The number of ether oxygens (including phenoxy) is 1. The number of hydrogen-bond acceptors (Lipinski definition) is 5. The maximum Gasteiger partial charge on any atom is 0.313 e. The van der Waals surface area contributed by atoms with Crippen LogP contribution in [-0.4, -0.2) is 38.2 Å². The molecule has 6 nitrogen and oxygen atoms in total. The molecular formula is C12H21N3O3S. The Bertz CT molecular complexity index is 426. The van der Waals surface area contributed by atoms with Crippen LogP contribution in [0.25, 0.3) is 0 Å². The van der Waals surface area contributed by atoms with Crippen molar-refractivity contribution in [1.29, 1.82) is 0 Å². The minimum Gasteiger partial charge on any atom is -0.481 e. The molecule has 0 radical (unpaired) electrons. The van der Waals surface area contributed by atoms with Gasteiger partial charge in [-0.25, -0.2) is 0 Å². The summed E-state index contributed by atoms with van der Waals surface area (Å²) < 4.78 is 7.44. The Morgan fingerprint density at radius 2 is 2.11 bits per heavy atom. The standard InChI is InChI=1S/C12H21N3O3S/c1-5-6-18-7-9-13-14-11(19-8-10(16)17)15(9)12(2,3)4/h5-8H2,1-4H3,(H,16,17). The Kier molecular flexibility index (Phi) is 5.81. The summed E-state index contributed by atoms with van der Waals surface area (Å²) in [4.78, 5) is 10.6. The van der Waals surface area contributed by atoms with Crippen molar-refractivity contribution in [2.75, 3.05) is 12.4 Å². The Morgan fingerprint density at radius 1 is 1.42 bits per heavy atom. The number of carboxylic acids is 1. The van der Waals surface area contributed by atoms with Crippen LogP contribution < -0.4 is 0 Å². The molecule has 0 aromatic carbocycles. The molecule has 0 saturated heterocycles. The molecule has 0 fully saturated rings. The lowest BCUT2D eigenvalue weighted by Gasteiger charge is -2.24. The second kappa shape index (κ2) is 6.91. The molecule has 0 aliphatic carbocycles. The van der Waals surface area contributed by atoms with Gasteiger partial charge in [0, 0.05) is 12.1 Å². The number of rotatable bonds is 7. The molecule has 0 bridgehead atoms. The molecule has 1 heterocycles. The van der Waals surface area contributed by atoms with Gasteiger partial charge in [0.05, 0.1) is 5.75 Å². The highest BCUT2D eigenvalue weighted by molar-refractivity contribution is 7.99. The summed E-state index contributed by atoms with van der Waals surface area (Å²) in [7, 11) is 0. The van der Waals surface area contributed by atoms with Gasteiger partial charge in [0.1, 0.15) is 6.61 Å². The van der Waals surface area contributed by atoms with Crippen molar-refractivity contribution in [3.05, 3.63) is 5.82 Å². The van der Waals surface area contributed by atoms with Gasteiger partial charge in [-0.05, 0) is 27.2 Å². The molecule has 0 amide bonds. The van der Waals surface area contributed by atoms with Crippen LogP contribution in [-0.2, 0) is 21.7 Å². The van der Waals surface area contributed by atoms with Gasteiger partial charge in [0.25, 0.3) is 0 Å². The Labute approximate surface area is 117 Å². The molecule has 19 heavy (non-hydrogen) atoms. The van der Waals surface area contributed by atoms with Crippen LogP contribution in [0.1, 0.15) is 39.9 Å². The predicted molar refractivity (Wildman–Crippen MR) is 73.3 cm³/mol. The van der Waals surface area contributed by atoms with Crippen LogP contribution in [0.4, 0.5) is 0 Å². The van der Waals surface area contributed by atoms with Crippen LogP contribution in [0.3, 0.4) is 0 Å². The molecule has 0 saturated carbocycles. The summed E-state index contributed by atoms with van der Waals surface area (Å²) >= 11 is 1.18. The van der Waals surface area contributed by atoms with Gasteiger partial charge >= 0.3 is 5.97 Å². The average molecular weight is 287 g/mol. The molecule has 108 valence electrons. The zero-order valence-electron chi connectivity index (χ0n) is 11.8. The van der Waals surface area contributed by atoms with E-state index in [2.05, 4.69) is 10.2 Å². The van der Waals surface area contributed by atoms with Gasteiger partial charge in [0.15, 0.2) is 11.0 Å². The lowest BCUT2D eigenvalue weighted by atomic mass is 10.1. The first-order valence-corrected chi connectivity index (χ1v) is 7.22. The molecule has 0 unspecified atom stereocenters. The smallest absolute Gasteiger partial charge is 0.313 e. The topological polar surface area (TPSA) is 77.2 Å². The van der Waals surface area contributed by atoms with Crippen LogP contribution in [0.5, 0.6) is 0 Å². The Morgan fingerprint density at radius 3 is 2.63 bits per heavy atom. The molecule has 0 spiro atoms. The maximum atomic E-state index is 10.6. The first-order valence-electron chi connectivity index (χ1n) is 6.23. The average Bonchev–Trinajstić information content (AvgIpc) is 2.69. The summed E-state index contributed by atoms with van der Waals surface area (Å²) in [5.41, 5.74) is -0.213. The van der Waals surface area contributed by atoms with Crippen LogP contribution in [0.15, 0.2) is 5.16 Å². The van der Waals surface area contributed by atoms with Crippen molar-refractivity contribution in [2.45, 2.75) is 51.4 Å². The normalized spacial score (nSPS) is 11.8. The lowest BCUT2D eigenvalue weighted by molar-refractivity contribution is -0.133. The highest BCUT2D eigenvalue weighted by Crippen LogP contribution is 2.25. The van der Waals surface area contributed by atoms with E-state index in [1.54, 1.807) is 0 Å². The van der Waals surface area contributed by atoms with Gasteiger partial charge in [-0.2, -0.15) is 0 Å². The van der Waals surface area contributed by atoms with E-state index in [0.29, 0.717) is 18.4 Å². The van der Waals surface area contributed by atoms with E-state index in [-0.39, 0.29) is 11.3 Å². The predicted octanol–water partition coefficient (Wildman–Crippen LogP) is 2.14. The number of nitrogens with zero attached hydrogens (tertiary/aromatic N) is 3. The number of carboxylic acid groups (broad SMARTS) is 1. The zero-order chi connectivity index (χ0) is 14.5. The molecule has 0 atom stereocenters. The van der Waals surface area contributed by atoms with E-state index in [1.807, 2.05) is 32.3 Å². The summed E-state index contributed by atoms with van der Waals surface area (Å²) in [6.45, 7) is 9.21. The number of aromatic nitrogens is 3. The summed E-state index contributed by atoms with van der Waals surface area (Å²) in [6.07, 6.45) is 0.949. The highest BCUT2D eigenvalue weighted by Gasteiger charge is 2.23. The minimum atomic E-state index is -0.864. The first kappa shape index (κ1) is 16.0. The SMILES string of the molecule is CCCOCc1nnc(SCC(=O)O)n1C(C)(C)C. The van der Waals surface area contributed by atoms with Crippen molar-refractivity contribution in [3.63, 3.8) is 0 Å². The lowest BCUT2D eigenvalue weighted by Crippen LogP contribution is -2.25. The monoisotopic (exact) mass is 287 g/mol. The van der Waals surface area contributed by atoms with E-state index >= 15 is 0 Å². The largest absolute Gasteiger partial charge is 0.481 e. The second-order valence-electron chi connectivity index (χ2n) is 5.14. The molecule has 1 rings (SSSR count). The Hall–Kier alpha value is -1.08. The van der Waals surface area contributed by atoms with Gasteiger partial charge in [-0.3, -0.25) is 9.36 Å². The van der Waals surface area contributed by atoms with Crippen molar-refractivity contribution in [2.24, 2.45) is 0 Å². The van der Waals surface area contributed by atoms with Gasteiger partial charge < -0.3 is 9.84 Å². The fourth-order valence-electron chi connectivity index (χ4n) is 1.60. The first-order chi connectivity index (χ1) is 8.86. The molecule has 1 aromatic rings. The van der Waals surface area contributed by atoms with Crippen molar-refractivity contribution in [1.82, 2.24) is 14.8 Å². The number of hydrogen-bond donors (Lipinski definition) is 1. The molecular weight excluding hydrogens is 266 g/mol. The summed E-state index contributed by atoms with van der Waals surface area (Å²) in [5.74, 6) is -0.157. The summed E-state index contributed by atoms with van der Waals surface area (Å²) in [5, 5.41) is 17.5. The van der Waals surface area contributed by atoms with Crippen molar-refractivity contribution < 1.29 is 14.6 Å². The zero-order valence-corrected chi connectivity index (χ0v) is 12.7. The highest BCUT2D eigenvalue weighted by atomic mass is 32.2. The third-order valence-corrected chi connectivity index (χ3v) is 3.19. The van der Waals surface area contributed by atoms with Gasteiger partial charge in [0.2, 0.25) is 0 Å². The minimum absolute atomic E-state index is 0.0238. The second-order valence-corrected chi connectivity index (χ2v) is 6.08.